The van der Waals surface area contributed by atoms with Gasteiger partial charge in [-0.2, -0.15) is 0 Å². The average molecular weight is 537 g/mol. The van der Waals surface area contributed by atoms with Crippen molar-refractivity contribution in [3.63, 3.8) is 0 Å². The van der Waals surface area contributed by atoms with Crippen LogP contribution in [0.15, 0.2) is 84.9 Å². The van der Waals surface area contributed by atoms with Gasteiger partial charge in [-0.05, 0) is 96.1 Å². The molecular formula is C40H24O2. The van der Waals surface area contributed by atoms with Crippen molar-refractivity contribution in [2.24, 2.45) is 0 Å². The molecule has 0 amide bonds. The van der Waals surface area contributed by atoms with Crippen LogP contribution < -0.4 is 9.47 Å². The largest absolute Gasteiger partial charge is 0.492 e. The van der Waals surface area contributed by atoms with Crippen LogP contribution in [0, 0.1) is 48.5 Å². The fourth-order valence-electron chi connectivity index (χ4n) is 5.75. The van der Waals surface area contributed by atoms with Gasteiger partial charge in [0.1, 0.15) is 11.5 Å². The molecule has 7 aromatic carbocycles. The van der Waals surface area contributed by atoms with Gasteiger partial charge in [0.2, 0.25) is 0 Å². The van der Waals surface area contributed by atoms with Crippen molar-refractivity contribution in [1.29, 1.82) is 0 Å². The van der Waals surface area contributed by atoms with Gasteiger partial charge in [0.15, 0.2) is 0 Å². The summed E-state index contributed by atoms with van der Waals surface area (Å²) in [5, 5.41) is 11.5. The van der Waals surface area contributed by atoms with E-state index in [0.29, 0.717) is 13.2 Å². The van der Waals surface area contributed by atoms with E-state index in [4.69, 9.17) is 9.47 Å². The van der Waals surface area contributed by atoms with Crippen LogP contribution in [0.4, 0.5) is 0 Å². The zero-order valence-corrected chi connectivity index (χ0v) is 23.3. The molecule has 2 nitrogen and oxygen atoms in total. The maximum atomic E-state index is 6.31. The topological polar surface area (TPSA) is 18.5 Å². The van der Waals surface area contributed by atoms with Crippen LogP contribution in [-0.4, -0.2) is 13.2 Å². The Kier molecular flexibility index (Phi) is 6.38. The van der Waals surface area contributed by atoms with Gasteiger partial charge in [-0.25, -0.2) is 0 Å². The number of benzene rings is 6. The van der Waals surface area contributed by atoms with E-state index in [1.165, 1.54) is 0 Å². The van der Waals surface area contributed by atoms with Gasteiger partial charge in [0.05, 0.1) is 13.2 Å². The first-order valence-corrected chi connectivity index (χ1v) is 14.0. The predicted octanol–water partition coefficient (Wildman–Crippen LogP) is 9.49. The molecule has 0 aliphatic heterocycles. The highest BCUT2D eigenvalue weighted by Crippen LogP contribution is 2.40. The first-order valence-electron chi connectivity index (χ1n) is 14.0. The molecule has 0 saturated heterocycles. The predicted molar refractivity (Wildman–Crippen MR) is 171 cm³/mol. The summed E-state index contributed by atoms with van der Waals surface area (Å²) in [5.41, 5.74) is 0. The van der Waals surface area contributed by atoms with Crippen molar-refractivity contribution < 1.29 is 9.47 Å². The fraction of sp³-hybridized carbons (Fsp3) is 0.100. The van der Waals surface area contributed by atoms with E-state index in [0.717, 1.165) is 76.1 Å². The summed E-state index contributed by atoms with van der Waals surface area (Å²) in [7, 11) is 0. The molecule has 0 aliphatic carbocycles. The minimum Gasteiger partial charge on any atom is -0.492 e. The molecule has 7 aromatic rings. The molecule has 0 heterocycles. The Bertz CT molecular complexity index is 1920. The molecule has 2 heteroatoms. The van der Waals surface area contributed by atoms with Crippen molar-refractivity contribution in [2.45, 2.75) is 13.8 Å². The summed E-state index contributed by atoms with van der Waals surface area (Å²) in [4.78, 5) is 0. The Balaban J connectivity index is 1.67. The third-order valence-corrected chi connectivity index (χ3v) is 7.41. The summed E-state index contributed by atoms with van der Waals surface area (Å²) < 4.78 is 12.6. The van der Waals surface area contributed by atoms with Crippen LogP contribution in [0.1, 0.15) is 13.8 Å². The maximum Gasteiger partial charge on any atom is 0.137 e. The zero-order valence-electron chi connectivity index (χ0n) is 23.3. The molecule has 0 fully saturated rings. The van der Waals surface area contributed by atoms with Gasteiger partial charge >= 0.3 is 0 Å². The molecule has 0 aromatic heterocycles. The number of rotatable bonds is 4. The van der Waals surface area contributed by atoms with Gasteiger partial charge in [0.25, 0.3) is 0 Å². The summed E-state index contributed by atoms with van der Waals surface area (Å²) in [6.45, 7) is 5.03. The highest BCUT2D eigenvalue weighted by molar-refractivity contribution is 6.17. The van der Waals surface area contributed by atoms with Crippen LogP contribution in [0.2, 0.25) is 0 Å². The standard InChI is InChI=1S/C40H24O2/c1-3-41-39-35-27-13-5-7-15-29-19-11-23-33-26-34-24-12-20-30(38(34)40(37(29)33)42-4-2)16-8-6-14-28-18-10-22-32(36(28)39)25-31(35)21-9-17-27/h9-12,17-26H,3-4H2,1-2H3. The lowest BCUT2D eigenvalue weighted by Gasteiger charge is -2.13. The number of ether oxygens (including phenoxy) is 2. The Hall–Kier alpha value is -5.80. The summed E-state index contributed by atoms with van der Waals surface area (Å²) in [6.07, 6.45) is 0. The van der Waals surface area contributed by atoms with Crippen molar-refractivity contribution in [2.75, 3.05) is 13.2 Å². The smallest absolute Gasteiger partial charge is 0.137 e. The molecule has 0 saturated carbocycles. The lowest BCUT2D eigenvalue weighted by atomic mass is 9.98. The highest BCUT2D eigenvalue weighted by Gasteiger charge is 2.13. The Morgan fingerprint density at radius 3 is 0.976 bits per heavy atom. The van der Waals surface area contributed by atoms with Crippen molar-refractivity contribution in [3.05, 3.63) is 133 Å². The molecule has 42 heavy (non-hydrogen) atoms. The van der Waals surface area contributed by atoms with Gasteiger partial charge in [-0.15, -0.1) is 0 Å². The van der Waals surface area contributed by atoms with Gasteiger partial charge < -0.3 is 9.47 Å². The molecule has 0 unspecified atom stereocenters. The van der Waals surface area contributed by atoms with E-state index in [-0.39, 0.29) is 0 Å². The monoisotopic (exact) mass is 536 g/mol. The number of hydrogen-bond acceptors (Lipinski definition) is 2. The first kappa shape index (κ1) is 25.2. The Morgan fingerprint density at radius 1 is 0.429 bits per heavy atom. The summed E-state index contributed by atoms with van der Waals surface area (Å²) >= 11 is 0. The third kappa shape index (κ3) is 4.25. The van der Waals surface area contributed by atoms with Crippen LogP contribution >= 0.6 is 0 Å². The van der Waals surface area contributed by atoms with Crippen LogP contribution in [0.25, 0.3) is 64.6 Å². The summed E-state index contributed by atoms with van der Waals surface area (Å²) in [5.74, 6) is 1.57. The molecule has 4 bridgehead atoms. The fourth-order valence-corrected chi connectivity index (χ4v) is 5.75. The molecule has 7 rings (SSSR count). The lowest BCUT2D eigenvalue weighted by Crippen LogP contribution is -1.94. The second kappa shape index (κ2) is 10.6. The quantitative estimate of drug-likeness (QED) is 0.209. The third-order valence-electron chi connectivity index (χ3n) is 7.41. The maximum absolute atomic E-state index is 6.31. The van der Waals surface area contributed by atoms with Crippen molar-refractivity contribution in [3.8, 4) is 11.5 Å². The minimum absolute atomic E-state index is 0.519. The highest BCUT2D eigenvalue weighted by atomic mass is 16.5. The van der Waals surface area contributed by atoms with E-state index in [1.54, 1.807) is 0 Å². The Labute approximate surface area is 245 Å². The van der Waals surface area contributed by atoms with Crippen LogP contribution in [-0.2, 0) is 0 Å². The molecular weight excluding hydrogens is 512 g/mol. The van der Waals surface area contributed by atoms with E-state index in [2.05, 4.69) is 84.9 Å². The van der Waals surface area contributed by atoms with E-state index < -0.39 is 0 Å². The van der Waals surface area contributed by atoms with Crippen molar-refractivity contribution >= 4 is 64.6 Å². The second-order valence-corrected chi connectivity index (χ2v) is 9.89. The van der Waals surface area contributed by atoms with Gasteiger partial charge in [0, 0.05) is 43.1 Å². The second-order valence-electron chi connectivity index (χ2n) is 9.89. The van der Waals surface area contributed by atoms with Crippen LogP contribution in [0.3, 0.4) is 0 Å². The van der Waals surface area contributed by atoms with Crippen molar-refractivity contribution in [1.82, 2.24) is 0 Å². The molecule has 0 atom stereocenters. The Morgan fingerprint density at radius 2 is 0.714 bits per heavy atom. The molecule has 0 radical (unpaired) electrons. The normalized spacial score (nSPS) is 10.5. The SMILES string of the molecule is CCOc1c2c3c#cc#cc4cccc5cc6cccc(c#cc#cc7cccc(cc2ccc3)c17)c6c(OCC)c45. The van der Waals surface area contributed by atoms with E-state index >= 15 is 0 Å². The molecule has 0 N–H and O–H groups in total. The van der Waals surface area contributed by atoms with Crippen LogP contribution in [0.5, 0.6) is 11.5 Å². The van der Waals surface area contributed by atoms with E-state index in [9.17, 15) is 0 Å². The van der Waals surface area contributed by atoms with Gasteiger partial charge in [-0.1, -0.05) is 72.8 Å². The zero-order chi connectivity index (χ0) is 28.5. The van der Waals surface area contributed by atoms with E-state index in [1.807, 2.05) is 62.4 Å². The summed E-state index contributed by atoms with van der Waals surface area (Å²) in [6, 6.07) is 54.6. The average Bonchev–Trinajstić information content (AvgIpc) is 3.00. The van der Waals surface area contributed by atoms with Gasteiger partial charge in [-0.3, -0.25) is 0 Å². The first-order chi connectivity index (χ1) is 20.8. The molecule has 0 spiro atoms. The molecule has 0 aliphatic rings. The lowest BCUT2D eigenvalue weighted by molar-refractivity contribution is 0.348. The minimum atomic E-state index is 0.519. The molecule has 196 valence electrons. The number of hydrogen-bond donors (Lipinski definition) is 0.